The second-order valence-corrected chi connectivity index (χ2v) is 5.66. The van der Waals surface area contributed by atoms with Gasteiger partial charge in [0.1, 0.15) is 17.7 Å². The van der Waals surface area contributed by atoms with Gasteiger partial charge in [-0.25, -0.2) is 14.5 Å². The molecule has 7 nitrogen and oxygen atoms in total. The first-order chi connectivity index (χ1) is 11.0. The van der Waals surface area contributed by atoms with Crippen molar-refractivity contribution in [2.45, 2.75) is 32.7 Å². The number of amides is 1. The van der Waals surface area contributed by atoms with Crippen LogP contribution in [-0.2, 0) is 4.79 Å². The molecule has 0 aliphatic carbocycles. The Morgan fingerprint density at radius 3 is 2.48 bits per heavy atom. The molecule has 7 heteroatoms. The number of carbonyl (C=O) groups is 2. The molecule has 2 heterocycles. The number of nitrogens with zero attached hydrogens (tertiary/aromatic N) is 4. The predicted molar refractivity (Wildman–Crippen MR) is 82.5 cm³/mol. The average molecular weight is 314 g/mol. The van der Waals surface area contributed by atoms with Crippen molar-refractivity contribution in [3.8, 4) is 5.69 Å². The lowest BCUT2D eigenvalue weighted by atomic mass is 10.1. The van der Waals surface area contributed by atoms with E-state index in [4.69, 9.17) is 0 Å². The highest BCUT2D eigenvalue weighted by molar-refractivity contribution is 5.97. The van der Waals surface area contributed by atoms with E-state index in [-0.39, 0.29) is 5.91 Å². The van der Waals surface area contributed by atoms with Crippen LogP contribution in [0.4, 0.5) is 0 Å². The molecule has 1 aliphatic rings. The smallest absolute Gasteiger partial charge is 0.326 e. The molecule has 3 rings (SSSR count). The number of hydrogen-bond acceptors (Lipinski definition) is 4. The van der Waals surface area contributed by atoms with E-state index in [1.54, 1.807) is 28.9 Å². The molecule has 1 atom stereocenters. The average Bonchev–Trinajstić information content (AvgIpc) is 3.13. The van der Waals surface area contributed by atoms with Crippen molar-refractivity contribution >= 4 is 11.9 Å². The fourth-order valence-corrected chi connectivity index (χ4v) is 2.94. The van der Waals surface area contributed by atoms with Crippen molar-refractivity contribution in [2.75, 3.05) is 6.54 Å². The van der Waals surface area contributed by atoms with Gasteiger partial charge < -0.3 is 10.0 Å². The molecule has 0 bridgehead atoms. The van der Waals surface area contributed by atoms with Crippen LogP contribution in [-0.4, -0.2) is 49.2 Å². The lowest BCUT2D eigenvalue weighted by Crippen LogP contribution is -2.40. The Morgan fingerprint density at radius 1 is 1.22 bits per heavy atom. The fourth-order valence-electron chi connectivity index (χ4n) is 2.94. The van der Waals surface area contributed by atoms with Gasteiger partial charge >= 0.3 is 5.97 Å². The molecule has 0 spiro atoms. The standard InChI is InChI=1S/C16H18N4O3/c1-10-17-11(2)20(18-10)13-7-5-12(6-8-13)15(21)19-9-3-4-14(19)16(22)23/h5-8,14H,3-4,9H2,1-2H3,(H,22,23)/t14-/m0/s1. The Kier molecular flexibility index (Phi) is 3.85. The molecular weight excluding hydrogens is 296 g/mol. The highest BCUT2D eigenvalue weighted by Gasteiger charge is 2.34. The van der Waals surface area contributed by atoms with Gasteiger partial charge in [0, 0.05) is 12.1 Å². The van der Waals surface area contributed by atoms with Crippen molar-refractivity contribution in [2.24, 2.45) is 0 Å². The van der Waals surface area contributed by atoms with Crippen molar-refractivity contribution < 1.29 is 14.7 Å². The van der Waals surface area contributed by atoms with Gasteiger partial charge in [-0.1, -0.05) is 0 Å². The third kappa shape index (κ3) is 2.81. The summed E-state index contributed by atoms with van der Waals surface area (Å²) in [5, 5.41) is 13.5. The first-order valence-electron chi connectivity index (χ1n) is 7.52. The van der Waals surface area contributed by atoms with E-state index >= 15 is 0 Å². The predicted octanol–water partition coefficient (Wildman–Crippen LogP) is 1.57. The van der Waals surface area contributed by atoms with Gasteiger partial charge in [0.2, 0.25) is 0 Å². The number of carboxylic acids is 1. The summed E-state index contributed by atoms with van der Waals surface area (Å²) in [6, 6.07) is 6.26. The molecule has 1 saturated heterocycles. The summed E-state index contributed by atoms with van der Waals surface area (Å²) in [7, 11) is 0. The molecule has 120 valence electrons. The van der Waals surface area contributed by atoms with Crippen molar-refractivity contribution in [3.63, 3.8) is 0 Å². The van der Waals surface area contributed by atoms with Gasteiger partial charge in [0.15, 0.2) is 0 Å². The Labute approximate surface area is 133 Å². The molecule has 1 N–H and O–H groups in total. The molecule has 1 amide bonds. The van der Waals surface area contributed by atoms with Gasteiger partial charge in [-0.05, 0) is 51.0 Å². The number of likely N-dealkylation sites (tertiary alicyclic amines) is 1. The van der Waals surface area contributed by atoms with E-state index in [9.17, 15) is 14.7 Å². The second kappa shape index (κ2) is 5.83. The zero-order valence-electron chi connectivity index (χ0n) is 13.1. The Bertz CT molecular complexity index is 751. The monoisotopic (exact) mass is 314 g/mol. The molecule has 23 heavy (non-hydrogen) atoms. The summed E-state index contributed by atoms with van der Waals surface area (Å²) in [6.07, 6.45) is 1.23. The summed E-state index contributed by atoms with van der Waals surface area (Å²) in [6.45, 7) is 4.17. The van der Waals surface area contributed by atoms with Gasteiger partial charge in [-0.15, -0.1) is 0 Å². The van der Waals surface area contributed by atoms with Crippen LogP contribution < -0.4 is 0 Å². The topological polar surface area (TPSA) is 88.3 Å². The first-order valence-corrected chi connectivity index (χ1v) is 7.52. The minimum absolute atomic E-state index is 0.243. The highest BCUT2D eigenvalue weighted by Crippen LogP contribution is 2.21. The van der Waals surface area contributed by atoms with Crippen LogP contribution >= 0.6 is 0 Å². The number of rotatable bonds is 3. The lowest BCUT2D eigenvalue weighted by Gasteiger charge is -2.21. The molecule has 0 saturated carbocycles. The summed E-state index contributed by atoms with van der Waals surface area (Å²) in [5.74, 6) is 0.269. The highest BCUT2D eigenvalue weighted by atomic mass is 16.4. The third-order valence-corrected chi connectivity index (χ3v) is 4.03. The number of aromatic nitrogens is 3. The normalized spacial score (nSPS) is 17.5. The van der Waals surface area contributed by atoms with Crippen LogP contribution in [0.15, 0.2) is 24.3 Å². The summed E-state index contributed by atoms with van der Waals surface area (Å²) in [4.78, 5) is 29.4. The molecule has 0 unspecified atom stereocenters. The first kappa shape index (κ1) is 15.2. The van der Waals surface area contributed by atoms with Crippen LogP contribution in [0, 0.1) is 13.8 Å². The number of benzene rings is 1. The van der Waals surface area contributed by atoms with Gasteiger partial charge in [-0.2, -0.15) is 5.10 Å². The number of hydrogen-bond donors (Lipinski definition) is 1. The van der Waals surface area contributed by atoms with Crippen LogP contribution in [0.25, 0.3) is 5.69 Å². The quantitative estimate of drug-likeness (QED) is 0.929. The van der Waals surface area contributed by atoms with E-state index in [0.29, 0.717) is 24.4 Å². The minimum atomic E-state index is -0.943. The SMILES string of the molecule is Cc1nc(C)n(-c2ccc(C(=O)N3CCC[C@H]3C(=O)O)cc2)n1. The molecule has 1 aromatic carbocycles. The number of aliphatic carboxylic acids is 1. The minimum Gasteiger partial charge on any atom is -0.480 e. The Morgan fingerprint density at radius 2 is 1.91 bits per heavy atom. The zero-order valence-corrected chi connectivity index (χ0v) is 13.1. The molecule has 2 aromatic rings. The molecule has 0 radical (unpaired) electrons. The Balaban J connectivity index is 1.83. The third-order valence-electron chi connectivity index (χ3n) is 4.03. The fraction of sp³-hybridized carbons (Fsp3) is 0.375. The van der Waals surface area contributed by atoms with Gasteiger partial charge in [0.25, 0.3) is 5.91 Å². The lowest BCUT2D eigenvalue weighted by molar-refractivity contribution is -0.141. The summed E-state index contributed by atoms with van der Waals surface area (Å²) in [5.41, 5.74) is 1.30. The largest absolute Gasteiger partial charge is 0.480 e. The van der Waals surface area contributed by atoms with Crippen molar-refractivity contribution in [3.05, 3.63) is 41.5 Å². The van der Waals surface area contributed by atoms with Crippen LogP contribution in [0.5, 0.6) is 0 Å². The van der Waals surface area contributed by atoms with E-state index in [0.717, 1.165) is 17.9 Å². The van der Waals surface area contributed by atoms with E-state index in [1.165, 1.54) is 4.90 Å². The molecule has 1 aliphatic heterocycles. The Hall–Kier alpha value is -2.70. The van der Waals surface area contributed by atoms with Crippen LogP contribution in [0.3, 0.4) is 0 Å². The summed E-state index contributed by atoms with van der Waals surface area (Å²) < 4.78 is 1.71. The maximum absolute atomic E-state index is 12.5. The van der Waals surface area contributed by atoms with E-state index in [1.807, 2.05) is 13.8 Å². The number of carboxylic acid groups (broad SMARTS) is 1. The van der Waals surface area contributed by atoms with Crippen molar-refractivity contribution in [1.82, 2.24) is 19.7 Å². The van der Waals surface area contributed by atoms with Gasteiger partial charge in [0.05, 0.1) is 5.69 Å². The summed E-state index contributed by atoms with van der Waals surface area (Å²) >= 11 is 0. The number of carbonyl (C=O) groups excluding carboxylic acids is 1. The van der Waals surface area contributed by atoms with E-state index in [2.05, 4.69) is 10.1 Å². The number of aryl methyl sites for hydroxylation is 2. The molecule has 1 fully saturated rings. The molecule has 1 aromatic heterocycles. The maximum Gasteiger partial charge on any atom is 0.326 e. The van der Waals surface area contributed by atoms with Crippen LogP contribution in [0.2, 0.25) is 0 Å². The maximum atomic E-state index is 12.5. The molecular formula is C16H18N4O3. The van der Waals surface area contributed by atoms with Crippen molar-refractivity contribution in [1.29, 1.82) is 0 Å². The van der Waals surface area contributed by atoms with Gasteiger partial charge in [-0.3, -0.25) is 4.79 Å². The van der Waals surface area contributed by atoms with E-state index < -0.39 is 12.0 Å². The zero-order chi connectivity index (χ0) is 16.6. The van der Waals surface area contributed by atoms with Crippen LogP contribution in [0.1, 0.15) is 34.8 Å². The second-order valence-electron chi connectivity index (χ2n) is 5.66.